The third-order valence-electron chi connectivity index (χ3n) is 4.76. The fraction of sp³-hybridized carbons (Fsp3) is 0.588. The zero-order chi connectivity index (χ0) is 14.7. The van der Waals surface area contributed by atoms with Crippen LogP contribution in [0, 0.1) is 12.8 Å². The Morgan fingerprint density at radius 2 is 1.95 bits per heavy atom. The lowest BCUT2D eigenvalue weighted by atomic mass is 9.83. The first-order chi connectivity index (χ1) is 9.54. The van der Waals surface area contributed by atoms with Gasteiger partial charge in [0.1, 0.15) is 0 Å². The van der Waals surface area contributed by atoms with Gasteiger partial charge in [-0.25, -0.2) is 4.79 Å². The van der Waals surface area contributed by atoms with Crippen molar-refractivity contribution in [1.29, 1.82) is 0 Å². The van der Waals surface area contributed by atoms with Gasteiger partial charge in [0, 0.05) is 13.1 Å². The van der Waals surface area contributed by atoms with E-state index in [0.29, 0.717) is 11.6 Å². The SMILES string of the molecule is CCC1CCC(N(C)c2c(C)cccc2C(=O)O)CC1. The lowest BCUT2D eigenvalue weighted by Crippen LogP contribution is -2.36. The number of para-hydroxylation sites is 1. The van der Waals surface area contributed by atoms with E-state index in [4.69, 9.17) is 0 Å². The van der Waals surface area contributed by atoms with Gasteiger partial charge in [-0.05, 0) is 50.2 Å². The normalized spacial score (nSPS) is 22.6. The first-order valence-corrected chi connectivity index (χ1v) is 7.60. The summed E-state index contributed by atoms with van der Waals surface area (Å²) in [6.07, 6.45) is 6.13. The monoisotopic (exact) mass is 275 g/mol. The third kappa shape index (κ3) is 2.97. The van der Waals surface area contributed by atoms with Crippen LogP contribution in [-0.2, 0) is 0 Å². The molecule has 0 spiro atoms. The number of aromatic carboxylic acids is 1. The van der Waals surface area contributed by atoms with Gasteiger partial charge in [0.2, 0.25) is 0 Å². The van der Waals surface area contributed by atoms with Crippen molar-refractivity contribution >= 4 is 11.7 Å². The van der Waals surface area contributed by atoms with Gasteiger partial charge in [-0.2, -0.15) is 0 Å². The van der Waals surface area contributed by atoms with Gasteiger partial charge in [0.05, 0.1) is 11.3 Å². The molecule has 1 aliphatic carbocycles. The molecule has 0 bridgehead atoms. The van der Waals surface area contributed by atoms with E-state index in [1.165, 1.54) is 32.1 Å². The van der Waals surface area contributed by atoms with E-state index >= 15 is 0 Å². The van der Waals surface area contributed by atoms with Crippen molar-refractivity contribution in [2.75, 3.05) is 11.9 Å². The van der Waals surface area contributed by atoms with Gasteiger partial charge in [0.15, 0.2) is 0 Å². The summed E-state index contributed by atoms with van der Waals surface area (Å²) in [5.74, 6) is 0.0215. The van der Waals surface area contributed by atoms with E-state index in [1.807, 2.05) is 26.1 Å². The molecule has 2 rings (SSSR count). The van der Waals surface area contributed by atoms with Gasteiger partial charge in [-0.1, -0.05) is 25.5 Å². The van der Waals surface area contributed by atoms with Crippen molar-refractivity contribution in [1.82, 2.24) is 0 Å². The quantitative estimate of drug-likeness (QED) is 0.899. The van der Waals surface area contributed by atoms with Gasteiger partial charge < -0.3 is 10.0 Å². The van der Waals surface area contributed by atoms with Crippen LogP contribution in [-0.4, -0.2) is 24.2 Å². The van der Waals surface area contributed by atoms with Crippen molar-refractivity contribution in [2.24, 2.45) is 5.92 Å². The number of hydrogen-bond donors (Lipinski definition) is 1. The maximum Gasteiger partial charge on any atom is 0.337 e. The fourth-order valence-electron chi connectivity index (χ4n) is 3.42. The number of hydrogen-bond acceptors (Lipinski definition) is 2. The van der Waals surface area contributed by atoms with Crippen LogP contribution in [0.25, 0.3) is 0 Å². The molecule has 20 heavy (non-hydrogen) atoms. The van der Waals surface area contributed by atoms with Gasteiger partial charge in [-0.3, -0.25) is 0 Å². The van der Waals surface area contributed by atoms with Crippen molar-refractivity contribution in [2.45, 2.75) is 52.0 Å². The Bertz CT molecular complexity index is 476. The molecule has 1 aromatic carbocycles. The number of aryl methyl sites for hydroxylation is 1. The minimum atomic E-state index is -0.835. The average molecular weight is 275 g/mol. The first-order valence-electron chi connectivity index (χ1n) is 7.60. The van der Waals surface area contributed by atoms with Crippen LogP contribution in [0.3, 0.4) is 0 Å². The molecule has 110 valence electrons. The van der Waals surface area contributed by atoms with E-state index < -0.39 is 5.97 Å². The van der Waals surface area contributed by atoms with Crippen molar-refractivity contribution in [3.63, 3.8) is 0 Å². The molecule has 1 N–H and O–H groups in total. The largest absolute Gasteiger partial charge is 0.478 e. The molecule has 0 radical (unpaired) electrons. The minimum Gasteiger partial charge on any atom is -0.478 e. The summed E-state index contributed by atoms with van der Waals surface area (Å²) in [5, 5.41) is 9.39. The summed E-state index contributed by atoms with van der Waals surface area (Å²) in [5.41, 5.74) is 2.36. The Balaban J connectivity index is 2.21. The fourth-order valence-corrected chi connectivity index (χ4v) is 3.42. The minimum absolute atomic E-state index is 0.421. The summed E-state index contributed by atoms with van der Waals surface area (Å²) in [6.45, 7) is 4.26. The summed E-state index contributed by atoms with van der Waals surface area (Å²) < 4.78 is 0. The Labute approximate surface area is 121 Å². The van der Waals surface area contributed by atoms with Gasteiger partial charge in [-0.15, -0.1) is 0 Å². The number of rotatable bonds is 4. The van der Waals surface area contributed by atoms with Gasteiger partial charge in [0.25, 0.3) is 0 Å². The van der Waals surface area contributed by atoms with Crippen LogP contribution in [0.5, 0.6) is 0 Å². The van der Waals surface area contributed by atoms with Crippen LogP contribution in [0.1, 0.15) is 54.9 Å². The van der Waals surface area contributed by atoms with E-state index in [2.05, 4.69) is 11.8 Å². The molecule has 1 aliphatic rings. The zero-order valence-corrected chi connectivity index (χ0v) is 12.7. The summed E-state index contributed by atoms with van der Waals surface area (Å²) in [6, 6.07) is 6.00. The molecular weight excluding hydrogens is 250 g/mol. The van der Waals surface area contributed by atoms with E-state index in [0.717, 1.165) is 17.2 Å². The molecule has 1 aromatic rings. The Kier molecular flexibility index (Phi) is 4.69. The van der Waals surface area contributed by atoms with Crippen LogP contribution in [0.15, 0.2) is 18.2 Å². The number of carboxylic acids is 1. The van der Waals surface area contributed by atoms with Crippen LogP contribution in [0.4, 0.5) is 5.69 Å². The van der Waals surface area contributed by atoms with Crippen molar-refractivity contribution in [3.8, 4) is 0 Å². The third-order valence-corrected chi connectivity index (χ3v) is 4.76. The maximum absolute atomic E-state index is 11.4. The molecule has 0 saturated heterocycles. The molecule has 1 saturated carbocycles. The highest BCUT2D eigenvalue weighted by molar-refractivity contribution is 5.95. The average Bonchev–Trinajstić information content (AvgIpc) is 2.46. The molecule has 0 amide bonds. The first kappa shape index (κ1) is 14.9. The number of carboxylic acid groups (broad SMARTS) is 1. The van der Waals surface area contributed by atoms with Crippen LogP contribution >= 0.6 is 0 Å². The molecular formula is C17H25NO2. The van der Waals surface area contributed by atoms with Crippen LogP contribution < -0.4 is 4.90 Å². The molecule has 0 aromatic heterocycles. The van der Waals surface area contributed by atoms with Crippen molar-refractivity contribution in [3.05, 3.63) is 29.3 Å². The molecule has 0 heterocycles. The number of anilines is 1. The molecule has 0 unspecified atom stereocenters. The summed E-state index contributed by atoms with van der Waals surface area (Å²) in [4.78, 5) is 13.6. The van der Waals surface area contributed by atoms with E-state index in [-0.39, 0.29) is 0 Å². The second-order valence-electron chi connectivity index (χ2n) is 5.97. The molecule has 0 aliphatic heterocycles. The van der Waals surface area contributed by atoms with Gasteiger partial charge >= 0.3 is 5.97 Å². The standard InChI is InChI=1S/C17H25NO2/c1-4-13-8-10-14(11-9-13)18(3)16-12(2)6-5-7-15(16)17(19)20/h5-7,13-14H,4,8-11H2,1-3H3,(H,19,20). The Hall–Kier alpha value is -1.51. The number of benzene rings is 1. The lowest BCUT2D eigenvalue weighted by molar-refractivity contribution is 0.0697. The van der Waals surface area contributed by atoms with E-state index in [1.54, 1.807) is 6.07 Å². The molecule has 3 nitrogen and oxygen atoms in total. The molecule has 0 atom stereocenters. The zero-order valence-electron chi connectivity index (χ0n) is 12.7. The Morgan fingerprint density at radius 3 is 2.50 bits per heavy atom. The topological polar surface area (TPSA) is 40.5 Å². The lowest BCUT2D eigenvalue weighted by Gasteiger charge is -2.37. The van der Waals surface area contributed by atoms with Crippen molar-refractivity contribution < 1.29 is 9.90 Å². The molecule has 3 heteroatoms. The Morgan fingerprint density at radius 1 is 1.30 bits per heavy atom. The predicted molar refractivity (Wildman–Crippen MR) is 82.6 cm³/mol. The van der Waals surface area contributed by atoms with Crippen LogP contribution in [0.2, 0.25) is 0 Å². The number of carbonyl (C=O) groups is 1. The number of nitrogens with zero attached hydrogens (tertiary/aromatic N) is 1. The highest BCUT2D eigenvalue weighted by Crippen LogP contribution is 2.33. The summed E-state index contributed by atoms with van der Waals surface area (Å²) >= 11 is 0. The molecule has 1 fully saturated rings. The highest BCUT2D eigenvalue weighted by Gasteiger charge is 2.26. The van der Waals surface area contributed by atoms with E-state index in [9.17, 15) is 9.90 Å². The second-order valence-corrected chi connectivity index (χ2v) is 5.97. The second kappa shape index (κ2) is 6.29. The smallest absolute Gasteiger partial charge is 0.337 e. The maximum atomic E-state index is 11.4. The summed E-state index contributed by atoms with van der Waals surface area (Å²) in [7, 11) is 2.05. The predicted octanol–water partition coefficient (Wildman–Crippen LogP) is 4.10. The highest BCUT2D eigenvalue weighted by atomic mass is 16.4.